The number of benzene rings is 1. The number of hydrogen-bond acceptors (Lipinski definition) is 3. The molecule has 120 valence electrons. The Hall–Kier alpha value is -1.69. The first-order chi connectivity index (χ1) is 10.5. The topological polar surface area (TPSA) is 69.6 Å². The number of carboxylic acid groups (broad SMARTS) is 1. The number of urea groups is 1. The fourth-order valence-electron chi connectivity index (χ4n) is 2.64. The molecule has 0 spiro atoms. The van der Waals surface area contributed by atoms with E-state index in [0.29, 0.717) is 26.1 Å². The lowest BCUT2D eigenvalue weighted by Gasteiger charge is -2.30. The van der Waals surface area contributed by atoms with Gasteiger partial charge in [-0.25, -0.2) is 4.79 Å². The van der Waals surface area contributed by atoms with Gasteiger partial charge in [-0.05, 0) is 43.2 Å². The predicted molar refractivity (Wildman–Crippen MR) is 87.1 cm³/mol. The molecule has 2 rings (SSSR count). The van der Waals surface area contributed by atoms with Crippen LogP contribution in [0.1, 0.15) is 24.0 Å². The monoisotopic (exact) mass is 322 g/mol. The van der Waals surface area contributed by atoms with Crippen molar-refractivity contribution in [3.05, 3.63) is 29.3 Å². The first-order valence-electron chi connectivity index (χ1n) is 7.40. The number of aliphatic carboxylic acids is 1. The number of likely N-dealkylation sites (tertiary alicyclic amines) is 1. The Balaban J connectivity index is 1.94. The number of nitrogens with zero attached hydrogens (tertiary/aromatic N) is 1. The highest BCUT2D eigenvalue weighted by molar-refractivity contribution is 7.98. The van der Waals surface area contributed by atoms with Gasteiger partial charge in [0.2, 0.25) is 0 Å². The first-order valence-corrected chi connectivity index (χ1v) is 8.63. The highest BCUT2D eigenvalue weighted by Gasteiger charge is 2.27. The van der Waals surface area contributed by atoms with Crippen LogP contribution in [0.5, 0.6) is 0 Å². The van der Waals surface area contributed by atoms with E-state index in [1.165, 1.54) is 5.56 Å². The van der Waals surface area contributed by atoms with Gasteiger partial charge in [0.25, 0.3) is 0 Å². The maximum absolute atomic E-state index is 12.2. The Morgan fingerprint density at radius 1 is 1.45 bits per heavy atom. The average Bonchev–Trinajstić information content (AvgIpc) is 2.53. The van der Waals surface area contributed by atoms with Gasteiger partial charge in [0.1, 0.15) is 0 Å². The number of hydrogen-bond donors (Lipinski definition) is 2. The highest BCUT2D eigenvalue weighted by Crippen LogP contribution is 2.22. The SMILES string of the molecule is CSc1cc(C)ccc1CNC(=O)N1CCCC(C(=O)O)C1. The molecule has 0 bridgehead atoms. The molecule has 5 nitrogen and oxygen atoms in total. The molecule has 1 fully saturated rings. The Bertz CT molecular complexity index is 562. The van der Waals surface area contributed by atoms with E-state index in [9.17, 15) is 9.59 Å². The van der Waals surface area contributed by atoms with Crippen molar-refractivity contribution in [2.24, 2.45) is 5.92 Å². The van der Waals surface area contributed by atoms with Gasteiger partial charge < -0.3 is 15.3 Å². The normalized spacial score (nSPS) is 18.1. The molecule has 2 N–H and O–H groups in total. The van der Waals surface area contributed by atoms with Crippen molar-refractivity contribution in [1.82, 2.24) is 10.2 Å². The number of piperidine rings is 1. The summed E-state index contributed by atoms with van der Waals surface area (Å²) in [5.74, 6) is -1.26. The second-order valence-corrected chi connectivity index (χ2v) is 6.45. The predicted octanol–water partition coefficient (Wildman–Crippen LogP) is 2.72. The zero-order chi connectivity index (χ0) is 16.1. The number of carbonyl (C=O) groups is 2. The zero-order valence-corrected chi connectivity index (χ0v) is 13.8. The lowest BCUT2D eigenvalue weighted by Crippen LogP contribution is -2.46. The van der Waals surface area contributed by atoms with Crippen LogP contribution in [0.25, 0.3) is 0 Å². The maximum atomic E-state index is 12.2. The number of thioether (sulfide) groups is 1. The van der Waals surface area contributed by atoms with Crippen LogP contribution < -0.4 is 5.32 Å². The molecule has 1 aromatic rings. The lowest BCUT2D eigenvalue weighted by atomic mass is 9.99. The summed E-state index contributed by atoms with van der Waals surface area (Å²) >= 11 is 1.66. The van der Waals surface area contributed by atoms with Crippen LogP contribution in [-0.2, 0) is 11.3 Å². The molecular formula is C16H22N2O3S. The lowest BCUT2D eigenvalue weighted by molar-refractivity contribution is -0.143. The van der Waals surface area contributed by atoms with Crippen LogP contribution in [0.3, 0.4) is 0 Å². The fraction of sp³-hybridized carbons (Fsp3) is 0.500. The van der Waals surface area contributed by atoms with Crippen LogP contribution in [0.2, 0.25) is 0 Å². The molecule has 1 aliphatic heterocycles. The van der Waals surface area contributed by atoms with Gasteiger partial charge in [0.15, 0.2) is 0 Å². The standard InChI is InChI=1S/C16H22N2O3S/c1-11-5-6-12(14(8-11)22-2)9-17-16(21)18-7-3-4-13(10-18)15(19)20/h5-6,8,13H,3-4,7,9-10H2,1-2H3,(H,17,21)(H,19,20). The number of rotatable bonds is 4. The Morgan fingerprint density at radius 2 is 2.23 bits per heavy atom. The molecule has 1 unspecified atom stereocenters. The highest BCUT2D eigenvalue weighted by atomic mass is 32.2. The zero-order valence-electron chi connectivity index (χ0n) is 13.0. The summed E-state index contributed by atoms with van der Waals surface area (Å²) in [5, 5.41) is 12.0. The fourth-order valence-corrected chi connectivity index (χ4v) is 3.35. The molecule has 0 aromatic heterocycles. The summed E-state index contributed by atoms with van der Waals surface area (Å²) in [6, 6.07) is 5.98. The van der Waals surface area contributed by atoms with Crippen molar-refractivity contribution in [2.45, 2.75) is 31.2 Å². The summed E-state index contributed by atoms with van der Waals surface area (Å²) in [6.07, 6.45) is 3.40. The van der Waals surface area contributed by atoms with Crippen LogP contribution in [0, 0.1) is 12.8 Å². The van der Waals surface area contributed by atoms with E-state index in [1.54, 1.807) is 16.7 Å². The van der Waals surface area contributed by atoms with Crippen molar-refractivity contribution in [3.8, 4) is 0 Å². The van der Waals surface area contributed by atoms with Gasteiger partial charge in [-0.1, -0.05) is 12.1 Å². The number of amides is 2. The Labute approximate surface area is 135 Å². The van der Waals surface area contributed by atoms with Crippen molar-refractivity contribution in [1.29, 1.82) is 0 Å². The molecule has 0 aliphatic carbocycles. The van der Waals surface area contributed by atoms with Crippen LogP contribution in [-0.4, -0.2) is 41.4 Å². The van der Waals surface area contributed by atoms with Gasteiger partial charge in [-0.15, -0.1) is 11.8 Å². The molecule has 6 heteroatoms. The minimum Gasteiger partial charge on any atom is -0.481 e. The second-order valence-electron chi connectivity index (χ2n) is 5.60. The molecule has 1 atom stereocenters. The van der Waals surface area contributed by atoms with Crippen LogP contribution in [0.15, 0.2) is 23.1 Å². The molecule has 1 aliphatic rings. The van der Waals surface area contributed by atoms with Crippen LogP contribution >= 0.6 is 11.8 Å². The van der Waals surface area contributed by atoms with Crippen molar-refractivity contribution in [2.75, 3.05) is 19.3 Å². The van der Waals surface area contributed by atoms with Gasteiger partial charge in [0, 0.05) is 24.5 Å². The average molecular weight is 322 g/mol. The summed E-state index contributed by atoms with van der Waals surface area (Å²) in [7, 11) is 0. The Kier molecular flexibility index (Phi) is 5.71. The molecule has 0 radical (unpaired) electrons. The number of nitrogens with one attached hydrogen (secondary N) is 1. The quantitative estimate of drug-likeness (QED) is 0.836. The molecule has 22 heavy (non-hydrogen) atoms. The van der Waals surface area contributed by atoms with E-state index >= 15 is 0 Å². The summed E-state index contributed by atoms with van der Waals surface area (Å²) in [6.45, 7) is 3.43. The Morgan fingerprint density at radius 3 is 2.91 bits per heavy atom. The molecule has 1 aromatic carbocycles. The van der Waals surface area contributed by atoms with Crippen LogP contribution in [0.4, 0.5) is 4.79 Å². The first kappa shape index (κ1) is 16.7. The third kappa shape index (κ3) is 4.16. The molecule has 0 saturated carbocycles. The molecular weight excluding hydrogens is 300 g/mol. The van der Waals surface area contributed by atoms with Crippen molar-refractivity contribution < 1.29 is 14.7 Å². The van der Waals surface area contributed by atoms with Gasteiger partial charge in [-0.2, -0.15) is 0 Å². The number of aryl methyl sites for hydroxylation is 1. The van der Waals surface area contributed by atoms with Gasteiger partial charge in [0.05, 0.1) is 5.92 Å². The smallest absolute Gasteiger partial charge is 0.317 e. The van der Waals surface area contributed by atoms with Crippen molar-refractivity contribution in [3.63, 3.8) is 0 Å². The molecule has 2 amide bonds. The van der Waals surface area contributed by atoms with Gasteiger partial charge in [-0.3, -0.25) is 4.79 Å². The number of carbonyl (C=O) groups excluding carboxylic acids is 1. The van der Waals surface area contributed by atoms with Gasteiger partial charge >= 0.3 is 12.0 Å². The molecule has 1 heterocycles. The van der Waals surface area contributed by atoms with Crippen molar-refractivity contribution >= 4 is 23.8 Å². The van der Waals surface area contributed by atoms with E-state index in [-0.39, 0.29) is 6.03 Å². The number of carboxylic acids is 1. The summed E-state index contributed by atoms with van der Waals surface area (Å²) < 4.78 is 0. The third-order valence-corrected chi connectivity index (χ3v) is 4.75. The summed E-state index contributed by atoms with van der Waals surface area (Å²) in [4.78, 5) is 26.0. The largest absolute Gasteiger partial charge is 0.481 e. The third-order valence-electron chi connectivity index (χ3n) is 3.93. The van der Waals surface area contributed by atoms with E-state index in [0.717, 1.165) is 16.9 Å². The molecule has 1 saturated heterocycles. The second kappa shape index (κ2) is 7.54. The maximum Gasteiger partial charge on any atom is 0.317 e. The van der Waals surface area contributed by atoms with E-state index in [1.807, 2.05) is 25.3 Å². The van der Waals surface area contributed by atoms with E-state index in [2.05, 4.69) is 11.4 Å². The summed E-state index contributed by atoms with van der Waals surface area (Å²) in [5.41, 5.74) is 2.28. The minimum atomic E-state index is -0.819. The van der Waals surface area contributed by atoms with E-state index < -0.39 is 11.9 Å². The van der Waals surface area contributed by atoms with E-state index in [4.69, 9.17) is 5.11 Å². The minimum absolute atomic E-state index is 0.182.